The van der Waals surface area contributed by atoms with Gasteiger partial charge in [0.2, 0.25) is 12.3 Å². The van der Waals surface area contributed by atoms with Crippen molar-refractivity contribution < 1.29 is 19.1 Å². The second-order valence-electron chi connectivity index (χ2n) is 5.82. The molecule has 0 bridgehead atoms. The van der Waals surface area contributed by atoms with E-state index < -0.39 is 0 Å². The van der Waals surface area contributed by atoms with Gasteiger partial charge in [0.15, 0.2) is 5.75 Å². The van der Waals surface area contributed by atoms with E-state index in [9.17, 15) is 14.4 Å². The zero-order valence-corrected chi connectivity index (χ0v) is 13.0. The van der Waals surface area contributed by atoms with E-state index in [4.69, 9.17) is 4.74 Å². The molecule has 1 aromatic carbocycles. The van der Waals surface area contributed by atoms with Crippen LogP contribution in [0.5, 0.6) is 5.75 Å². The highest BCUT2D eigenvalue weighted by atomic mass is 16.5. The maximum Gasteiger partial charge on any atom is 0.331 e. The second kappa shape index (κ2) is 6.28. The highest BCUT2D eigenvalue weighted by molar-refractivity contribution is 5.89. The van der Waals surface area contributed by atoms with Crippen LogP contribution in [-0.2, 0) is 14.4 Å². The van der Waals surface area contributed by atoms with Crippen molar-refractivity contribution in [2.24, 2.45) is 0 Å². The molecule has 0 radical (unpaired) electrons. The minimum atomic E-state index is -0.361. The molecule has 0 aromatic heterocycles. The quantitative estimate of drug-likeness (QED) is 0.447. The van der Waals surface area contributed by atoms with E-state index in [0.717, 1.165) is 17.7 Å². The fourth-order valence-electron chi connectivity index (χ4n) is 2.84. The third-order valence-electron chi connectivity index (χ3n) is 4.14. The van der Waals surface area contributed by atoms with Crippen LogP contribution in [0.3, 0.4) is 0 Å². The van der Waals surface area contributed by atoms with Gasteiger partial charge in [-0.3, -0.25) is 9.59 Å². The number of ether oxygens (including phenoxy) is 1. The molecule has 2 aliphatic rings. The number of anilines is 1. The van der Waals surface area contributed by atoms with E-state index in [1.165, 1.54) is 0 Å². The molecule has 1 aromatic rings. The van der Waals surface area contributed by atoms with E-state index in [1.54, 1.807) is 20.8 Å². The van der Waals surface area contributed by atoms with Crippen molar-refractivity contribution in [3.63, 3.8) is 0 Å². The number of carbonyl (C=O) groups excluding carboxylic acids is 3. The zero-order chi connectivity index (χ0) is 16.4. The molecule has 2 aliphatic heterocycles. The van der Waals surface area contributed by atoms with Gasteiger partial charge in [0.05, 0.1) is 12.2 Å². The van der Waals surface area contributed by atoms with Crippen molar-refractivity contribution >= 4 is 24.0 Å². The standard InChI is InChI=1S/C16H19N3O4/c1-12-2-3-14-13(8-12)19(10-16(22)23-14)9-15(21)18-6-4-17(11-20)5-7-18/h2-3,8,11H,4-7,9-10H2,1H3. The maximum atomic E-state index is 12.5. The lowest BCUT2D eigenvalue weighted by Crippen LogP contribution is -2.51. The predicted octanol–water partition coefficient (Wildman–Crippen LogP) is 0.0210. The number of hydrogen-bond acceptors (Lipinski definition) is 5. The van der Waals surface area contributed by atoms with Crippen LogP contribution >= 0.6 is 0 Å². The molecule has 0 unspecified atom stereocenters. The third-order valence-corrected chi connectivity index (χ3v) is 4.14. The fraction of sp³-hybridized carbons (Fsp3) is 0.438. The van der Waals surface area contributed by atoms with E-state index >= 15 is 0 Å². The Kier molecular flexibility index (Phi) is 4.18. The van der Waals surface area contributed by atoms with Crippen molar-refractivity contribution in [1.82, 2.24) is 9.80 Å². The van der Waals surface area contributed by atoms with E-state index in [-0.39, 0.29) is 25.0 Å². The molecule has 23 heavy (non-hydrogen) atoms. The number of esters is 1. The van der Waals surface area contributed by atoms with Crippen molar-refractivity contribution in [2.45, 2.75) is 6.92 Å². The van der Waals surface area contributed by atoms with Gasteiger partial charge in [0.1, 0.15) is 6.54 Å². The Bertz CT molecular complexity index is 638. The fourth-order valence-corrected chi connectivity index (χ4v) is 2.84. The Morgan fingerprint density at radius 1 is 1.26 bits per heavy atom. The zero-order valence-electron chi connectivity index (χ0n) is 13.0. The van der Waals surface area contributed by atoms with Gasteiger partial charge in [0.25, 0.3) is 0 Å². The summed E-state index contributed by atoms with van der Waals surface area (Å²) in [5, 5.41) is 0. The molecule has 1 fully saturated rings. The van der Waals surface area contributed by atoms with Gasteiger partial charge in [-0.2, -0.15) is 0 Å². The monoisotopic (exact) mass is 317 g/mol. The van der Waals surface area contributed by atoms with Crippen molar-refractivity contribution in [2.75, 3.05) is 44.2 Å². The molecule has 0 atom stereocenters. The number of piperazine rings is 1. The number of fused-ring (bicyclic) bond motifs is 1. The van der Waals surface area contributed by atoms with Crippen molar-refractivity contribution in [1.29, 1.82) is 0 Å². The summed E-state index contributed by atoms with van der Waals surface area (Å²) < 4.78 is 5.22. The summed E-state index contributed by atoms with van der Waals surface area (Å²) in [6, 6.07) is 5.54. The Hall–Kier alpha value is -2.57. The molecule has 0 N–H and O–H groups in total. The first-order chi connectivity index (χ1) is 11.1. The molecule has 1 saturated heterocycles. The maximum absolute atomic E-state index is 12.5. The molecule has 0 spiro atoms. The number of amides is 2. The van der Waals surface area contributed by atoms with E-state index in [2.05, 4.69) is 0 Å². The number of hydrogen-bond donors (Lipinski definition) is 0. The van der Waals surface area contributed by atoms with E-state index in [0.29, 0.717) is 31.9 Å². The number of benzene rings is 1. The topological polar surface area (TPSA) is 70.2 Å². The van der Waals surface area contributed by atoms with Gasteiger partial charge in [0, 0.05) is 26.2 Å². The Balaban J connectivity index is 1.70. The number of nitrogens with zero attached hydrogens (tertiary/aromatic N) is 3. The molecule has 3 rings (SSSR count). The molecule has 2 amide bonds. The van der Waals surface area contributed by atoms with Crippen LogP contribution in [0.25, 0.3) is 0 Å². The average molecular weight is 317 g/mol. The SMILES string of the molecule is Cc1ccc2c(c1)N(CC(=O)N1CCN(C=O)CC1)CC(=O)O2. The minimum absolute atomic E-state index is 0.0438. The van der Waals surface area contributed by atoms with Gasteiger partial charge in [-0.1, -0.05) is 6.07 Å². The highest BCUT2D eigenvalue weighted by Crippen LogP contribution is 2.32. The lowest BCUT2D eigenvalue weighted by atomic mass is 10.1. The molecule has 122 valence electrons. The number of aryl methyl sites for hydroxylation is 1. The van der Waals surface area contributed by atoms with Crippen molar-refractivity contribution in [3.8, 4) is 5.75 Å². The lowest BCUT2D eigenvalue weighted by Gasteiger charge is -2.35. The first-order valence-corrected chi connectivity index (χ1v) is 7.60. The summed E-state index contributed by atoms with van der Waals surface area (Å²) in [5.74, 6) is 0.0862. The van der Waals surface area contributed by atoms with Crippen LogP contribution in [0.1, 0.15) is 5.56 Å². The van der Waals surface area contributed by atoms with Gasteiger partial charge in [-0.15, -0.1) is 0 Å². The largest absolute Gasteiger partial charge is 0.423 e. The average Bonchev–Trinajstić information content (AvgIpc) is 2.55. The van der Waals surface area contributed by atoms with Crippen LogP contribution in [-0.4, -0.2) is 67.4 Å². The van der Waals surface area contributed by atoms with Crippen LogP contribution in [0.4, 0.5) is 5.69 Å². The van der Waals surface area contributed by atoms with E-state index in [1.807, 2.05) is 19.1 Å². The van der Waals surface area contributed by atoms with Crippen molar-refractivity contribution in [3.05, 3.63) is 23.8 Å². The minimum Gasteiger partial charge on any atom is -0.423 e. The summed E-state index contributed by atoms with van der Waals surface area (Å²) in [4.78, 5) is 40.1. The van der Waals surface area contributed by atoms with Crippen LogP contribution in [0.15, 0.2) is 18.2 Å². The summed E-state index contributed by atoms with van der Waals surface area (Å²) in [5.41, 5.74) is 1.81. The first-order valence-electron chi connectivity index (χ1n) is 7.60. The van der Waals surface area contributed by atoms with Crippen LogP contribution < -0.4 is 9.64 Å². The smallest absolute Gasteiger partial charge is 0.331 e. The summed E-state index contributed by atoms with van der Waals surface area (Å²) in [7, 11) is 0. The molecule has 0 aliphatic carbocycles. The van der Waals surface area contributed by atoms with Crippen LogP contribution in [0, 0.1) is 6.92 Å². The normalized spacial score (nSPS) is 17.6. The highest BCUT2D eigenvalue weighted by Gasteiger charge is 2.28. The first kappa shape index (κ1) is 15.3. The molecular formula is C16H19N3O4. The number of carbonyl (C=O) groups is 3. The summed E-state index contributed by atoms with van der Waals surface area (Å²) in [6.07, 6.45) is 0.807. The molecule has 7 heteroatoms. The Morgan fingerprint density at radius 2 is 2.00 bits per heavy atom. The van der Waals surface area contributed by atoms with Gasteiger partial charge in [-0.05, 0) is 24.6 Å². The summed E-state index contributed by atoms with van der Waals surface area (Å²) >= 11 is 0. The van der Waals surface area contributed by atoms with Gasteiger partial charge >= 0.3 is 5.97 Å². The third kappa shape index (κ3) is 3.28. The number of rotatable bonds is 3. The molecule has 7 nitrogen and oxygen atoms in total. The Morgan fingerprint density at radius 3 is 2.70 bits per heavy atom. The molecular weight excluding hydrogens is 298 g/mol. The Labute approximate surface area is 134 Å². The van der Waals surface area contributed by atoms with Gasteiger partial charge in [-0.25, -0.2) is 4.79 Å². The molecule has 0 saturated carbocycles. The second-order valence-corrected chi connectivity index (χ2v) is 5.82. The lowest BCUT2D eigenvalue weighted by molar-refractivity contribution is -0.135. The predicted molar refractivity (Wildman–Crippen MR) is 83.2 cm³/mol. The summed E-state index contributed by atoms with van der Waals surface area (Å²) in [6.45, 7) is 4.30. The van der Waals surface area contributed by atoms with Gasteiger partial charge < -0.3 is 19.4 Å². The van der Waals surface area contributed by atoms with Crippen LogP contribution in [0.2, 0.25) is 0 Å². The molecule has 2 heterocycles.